The van der Waals surface area contributed by atoms with Gasteiger partial charge < -0.3 is 29.3 Å². The van der Waals surface area contributed by atoms with Crippen molar-refractivity contribution >= 4 is 27.6 Å². The molecule has 0 radical (unpaired) electrons. The first-order chi connectivity index (χ1) is 26.6. The molecule has 3 atom stereocenters. The maximum Gasteiger partial charge on any atom is 0.472 e. The summed E-state index contributed by atoms with van der Waals surface area (Å²) in [6.45, 7) is 6.37. The Morgan fingerprint density at radius 1 is 0.464 bits per heavy atom. The Morgan fingerprint density at radius 2 is 0.804 bits per heavy atom. The Bertz CT molecular complexity index is 1040. The molecule has 0 amide bonds. The Labute approximate surface area is 340 Å². The summed E-state index contributed by atoms with van der Waals surface area (Å²) >= 11 is 0. The first-order valence-corrected chi connectivity index (χ1v) is 25.0. The summed E-state index contributed by atoms with van der Waals surface area (Å²) in [6, 6.07) is 0. The van der Waals surface area contributed by atoms with Gasteiger partial charge in [0, 0.05) is 12.8 Å². The van der Waals surface area contributed by atoms with Gasteiger partial charge in [0.15, 0.2) is 6.10 Å². The average Bonchev–Trinajstić information content (AvgIpc) is 3.12. The summed E-state index contributed by atoms with van der Waals surface area (Å²) in [5.41, 5.74) is 0. The molecule has 0 aliphatic carbocycles. The number of phosphoric acid groups is 2. The summed E-state index contributed by atoms with van der Waals surface area (Å²) in [7, 11) is -9.65. The van der Waals surface area contributed by atoms with Gasteiger partial charge in [-0.05, 0) is 24.7 Å². The lowest BCUT2D eigenvalue weighted by atomic mass is 10.0. The van der Waals surface area contributed by atoms with Crippen molar-refractivity contribution in [2.75, 3.05) is 26.4 Å². The number of esters is 2. The Morgan fingerprint density at radius 3 is 1.20 bits per heavy atom. The van der Waals surface area contributed by atoms with E-state index in [1.807, 2.05) is 0 Å². The van der Waals surface area contributed by atoms with Gasteiger partial charge in [0.05, 0.1) is 19.8 Å². The van der Waals surface area contributed by atoms with Crippen molar-refractivity contribution in [2.24, 2.45) is 11.8 Å². The molecule has 0 bridgehead atoms. The molecule has 0 rings (SSSR count). The van der Waals surface area contributed by atoms with Crippen molar-refractivity contribution in [1.29, 1.82) is 0 Å². The zero-order chi connectivity index (χ0) is 41.9. The monoisotopic (exact) mass is 845 g/mol. The van der Waals surface area contributed by atoms with Crippen LogP contribution in [-0.2, 0) is 41.8 Å². The van der Waals surface area contributed by atoms with Crippen molar-refractivity contribution in [1.82, 2.24) is 0 Å². The predicted octanol–water partition coefficient (Wildman–Crippen LogP) is 10.9. The van der Waals surface area contributed by atoms with E-state index in [2.05, 4.69) is 36.7 Å². The third kappa shape index (κ3) is 41.3. The molecule has 0 saturated heterocycles. The summed E-state index contributed by atoms with van der Waals surface area (Å²) in [4.78, 5) is 52.6. The van der Waals surface area contributed by atoms with E-state index in [4.69, 9.17) is 23.8 Å². The van der Waals surface area contributed by atoms with Gasteiger partial charge in [-0.25, -0.2) is 9.13 Å². The van der Waals surface area contributed by atoms with Crippen LogP contribution in [0.5, 0.6) is 0 Å². The third-order valence-electron chi connectivity index (χ3n) is 9.59. The zero-order valence-electron chi connectivity index (χ0n) is 35.6. The number of carbonyl (C=O) groups excluding carboxylic acids is 2. The molecule has 0 spiro atoms. The lowest BCUT2D eigenvalue weighted by Crippen LogP contribution is -2.30. The molecule has 0 saturated carbocycles. The second-order valence-electron chi connectivity index (χ2n) is 16.3. The van der Waals surface area contributed by atoms with E-state index in [0.717, 1.165) is 50.4 Å². The van der Waals surface area contributed by atoms with Crippen molar-refractivity contribution < 1.29 is 61.6 Å². The SMILES string of the molecule is CC(C)CCCCCCCCCCCCCCCCCCC(=O)O[C@H](COC(=O)CCCCCCCCCC(C)C)COP(=O)(O)OC[C@@H](O)COP(=O)(O)O. The molecule has 1 unspecified atom stereocenters. The van der Waals surface area contributed by atoms with E-state index in [1.54, 1.807) is 0 Å². The molecule has 15 heteroatoms. The van der Waals surface area contributed by atoms with Gasteiger partial charge in [0.1, 0.15) is 12.7 Å². The molecule has 4 N–H and O–H groups in total. The van der Waals surface area contributed by atoms with Gasteiger partial charge in [-0.1, -0.05) is 175 Å². The normalized spacial score (nSPS) is 14.2. The highest BCUT2D eigenvalue weighted by Gasteiger charge is 2.28. The third-order valence-corrected chi connectivity index (χ3v) is 11.0. The van der Waals surface area contributed by atoms with Gasteiger partial charge in [-0.2, -0.15) is 0 Å². The van der Waals surface area contributed by atoms with Crippen LogP contribution < -0.4 is 0 Å². The molecule has 0 fully saturated rings. The molecule has 56 heavy (non-hydrogen) atoms. The lowest BCUT2D eigenvalue weighted by molar-refractivity contribution is -0.161. The molecule has 0 aromatic carbocycles. The minimum Gasteiger partial charge on any atom is -0.462 e. The van der Waals surface area contributed by atoms with Gasteiger partial charge in [0.2, 0.25) is 0 Å². The second kappa shape index (κ2) is 36.0. The standard InChI is InChI=1S/C41H82O13P2/c1-36(2)28-24-20-16-13-11-9-7-5-6-8-10-12-14-18-23-27-31-41(44)54-39(35-53-56(48,49)52-33-38(42)32-51-55(45,46)47)34-50-40(43)30-26-22-19-15-17-21-25-29-37(3)4/h36-39,42H,5-35H2,1-4H3,(H,48,49)(H2,45,46,47)/t38-,39+/m0/s1. The van der Waals surface area contributed by atoms with Crippen LogP contribution in [0.3, 0.4) is 0 Å². The fourth-order valence-electron chi connectivity index (χ4n) is 6.25. The van der Waals surface area contributed by atoms with Gasteiger partial charge in [0.25, 0.3) is 0 Å². The van der Waals surface area contributed by atoms with Gasteiger partial charge in [-0.15, -0.1) is 0 Å². The fourth-order valence-corrected chi connectivity index (χ4v) is 7.40. The minimum atomic E-state index is -4.86. The molecule has 0 aromatic heterocycles. The maximum absolute atomic E-state index is 12.7. The van der Waals surface area contributed by atoms with Crippen LogP contribution in [0.1, 0.15) is 201 Å². The smallest absolute Gasteiger partial charge is 0.462 e. The number of carbonyl (C=O) groups is 2. The number of ether oxygens (including phenoxy) is 2. The highest BCUT2D eigenvalue weighted by atomic mass is 31.2. The summed E-state index contributed by atoms with van der Waals surface area (Å²) in [6.07, 6.45) is 27.0. The van der Waals surface area contributed by atoms with Crippen LogP contribution >= 0.6 is 15.6 Å². The van der Waals surface area contributed by atoms with Crippen LogP contribution in [0.15, 0.2) is 0 Å². The highest BCUT2D eigenvalue weighted by Crippen LogP contribution is 2.43. The second-order valence-corrected chi connectivity index (χ2v) is 19.0. The Balaban J connectivity index is 4.41. The Hall–Kier alpha value is -0.880. The lowest BCUT2D eigenvalue weighted by Gasteiger charge is -2.20. The molecule has 334 valence electrons. The minimum absolute atomic E-state index is 0.138. The van der Waals surface area contributed by atoms with Crippen molar-refractivity contribution in [3.63, 3.8) is 0 Å². The number of aliphatic hydroxyl groups excluding tert-OH is 1. The van der Waals surface area contributed by atoms with Crippen LogP contribution in [0, 0.1) is 11.8 Å². The van der Waals surface area contributed by atoms with Crippen LogP contribution in [-0.4, -0.2) is 70.4 Å². The van der Waals surface area contributed by atoms with E-state index < -0.39 is 59.6 Å². The molecule has 13 nitrogen and oxygen atoms in total. The van der Waals surface area contributed by atoms with Crippen LogP contribution in [0.4, 0.5) is 0 Å². The number of rotatable bonds is 41. The van der Waals surface area contributed by atoms with Crippen molar-refractivity contribution in [2.45, 2.75) is 213 Å². The molecular formula is C41H82O13P2. The summed E-state index contributed by atoms with van der Waals surface area (Å²) in [5, 5.41) is 9.73. The first-order valence-electron chi connectivity index (χ1n) is 21.9. The largest absolute Gasteiger partial charge is 0.472 e. The number of hydrogen-bond donors (Lipinski definition) is 4. The maximum atomic E-state index is 12.7. The van der Waals surface area contributed by atoms with Crippen LogP contribution in [0.25, 0.3) is 0 Å². The zero-order valence-corrected chi connectivity index (χ0v) is 37.4. The number of unbranched alkanes of at least 4 members (excludes halogenated alkanes) is 21. The Kier molecular flexibility index (Phi) is 35.4. The molecule has 0 heterocycles. The quantitative estimate of drug-likeness (QED) is 0.0258. The van der Waals surface area contributed by atoms with Gasteiger partial charge >= 0.3 is 27.6 Å². The summed E-state index contributed by atoms with van der Waals surface area (Å²) in [5.74, 6) is 0.527. The topological polar surface area (TPSA) is 195 Å². The predicted molar refractivity (Wildman–Crippen MR) is 221 cm³/mol. The van der Waals surface area contributed by atoms with Crippen LogP contribution in [0.2, 0.25) is 0 Å². The van der Waals surface area contributed by atoms with E-state index >= 15 is 0 Å². The molecule has 0 aliphatic rings. The van der Waals surface area contributed by atoms with Crippen molar-refractivity contribution in [3.05, 3.63) is 0 Å². The number of aliphatic hydroxyl groups is 1. The van der Waals surface area contributed by atoms with E-state index in [0.29, 0.717) is 12.8 Å². The molecule has 0 aromatic rings. The van der Waals surface area contributed by atoms with E-state index in [-0.39, 0.29) is 19.4 Å². The number of phosphoric ester groups is 2. The average molecular weight is 845 g/mol. The number of hydrogen-bond acceptors (Lipinski definition) is 10. The highest BCUT2D eigenvalue weighted by molar-refractivity contribution is 7.47. The molecular weight excluding hydrogens is 762 g/mol. The van der Waals surface area contributed by atoms with Crippen molar-refractivity contribution in [3.8, 4) is 0 Å². The van der Waals surface area contributed by atoms with E-state index in [9.17, 15) is 28.7 Å². The fraction of sp³-hybridized carbons (Fsp3) is 0.951. The molecule has 0 aliphatic heterocycles. The van der Waals surface area contributed by atoms with E-state index in [1.165, 1.54) is 109 Å². The van der Waals surface area contributed by atoms with Gasteiger partial charge in [-0.3, -0.25) is 23.2 Å². The summed E-state index contributed by atoms with van der Waals surface area (Å²) < 4.78 is 47.7. The first kappa shape index (κ1) is 55.1.